The molecule has 4 heteroatoms. The smallest absolute Gasteiger partial charge is 0.126 e. The Morgan fingerprint density at radius 3 is 2.74 bits per heavy atom. The molecule has 1 unspecified atom stereocenters. The maximum Gasteiger partial charge on any atom is 0.126 e. The summed E-state index contributed by atoms with van der Waals surface area (Å²) in [7, 11) is 0. The molecule has 0 aromatic heterocycles. The van der Waals surface area contributed by atoms with Gasteiger partial charge in [0.1, 0.15) is 5.82 Å². The van der Waals surface area contributed by atoms with Gasteiger partial charge >= 0.3 is 0 Å². The topological polar surface area (TPSA) is 15.3 Å². The van der Waals surface area contributed by atoms with Crippen LogP contribution in [0, 0.1) is 11.7 Å². The lowest BCUT2D eigenvalue weighted by atomic mass is 10.1. The predicted octanol–water partition coefficient (Wildman–Crippen LogP) is 3.69. The van der Waals surface area contributed by atoms with Gasteiger partial charge in [0.25, 0.3) is 0 Å². The normalized spacial score (nSPS) is 20.1. The van der Waals surface area contributed by atoms with Crippen LogP contribution in [0.25, 0.3) is 0 Å². The van der Waals surface area contributed by atoms with Crippen LogP contribution < -0.4 is 10.2 Å². The molecule has 2 nitrogen and oxygen atoms in total. The van der Waals surface area contributed by atoms with Gasteiger partial charge in [-0.25, -0.2) is 4.39 Å². The van der Waals surface area contributed by atoms with Crippen molar-refractivity contribution in [1.29, 1.82) is 0 Å². The Kier molecular flexibility index (Phi) is 4.36. The molecule has 1 aliphatic heterocycles. The summed E-state index contributed by atoms with van der Waals surface area (Å²) in [6.45, 7) is 9.45. The van der Waals surface area contributed by atoms with Gasteiger partial charge in [-0.1, -0.05) is 11.6 Å². The van der Waals surface area contributed by atoms with E-state index >= 15 is 0 Å². The monoisotopic (exact) mass is 284 g/mol. The highest BCUT2D eigenvalue weighted by atomic mass is 35.5. The van der Waals surface area contributed by atoms with E-state index < -0.39 is 0 Å². The zero-order chi connectivity index (χ0) is 14.0. The first kappa shape index (κ1) is 14.6. The first-order chi connectivity index (χ1) is 8.83. The van der Waals surface area contributed by atoms with Gasteiger partial charge in [0.15, 0.2) is 0 Å². The number of benzene rings is 1. The maximum absolute atomic E-state index is 13.4. The van der Waals surface area contributed by atoms with Crippen molar-refractivity contribution in [2.24, 2.45) is 5.92 Å². The van der Waals surface area contributed by atoms with E-state index in [0.717, 1.165) is 31.7 Å². The highest BCUT2D eigenvalue weighted by Crippen LogP contribution is 2.27. The summed E-state index contributed by atoms with van der Waals surface area (Å²) >= 11 is 5.91. The Balaban J connectivity index is 1.94. The molecule has 2 rings (SSSR count). The molecular formula is C15H22ClFN2. The Bertz CT molecular complexity index is 422. The lowest BCUT2D eigenvalue weighted by Gasteiger charge is -2.24. The van der Waals surface area contributed by atoms with E-state index in [1.54, 1.807) is 6.07 Å². The quantitative estimate of drug-likeness (QED) is 0.911. The van der Waals surface area contributed by atoms with E-state index in [0.29, 0.717) is 10.9 Å². The number of rotatable bonds is 3. The molecule has 1 saturated heterocycles. The predicted molar refractivity (Wildman–Crippen MR) is 79.5 cm³/mol. The summed E-state index contributed by atoms with van der Waals surface area (Å²) in [4.78, 5) is 2.21. The van der Waals surface area contributed by atoms with Crippen molar-refractivity contribution in [3.8, 4) is 0 Å². The van der Waals surface area contributed by atoms with Gasteiger partial charge in [0.2, 0.25) is 0 Å². The Hall–Kier alpha value is -0.800. The van der Waals surface area contributed by atoms with Crippen LogP contribution in [0.2, 0.25) is 5.02 Å². The van der Waals surface area contributed by atoms with Crippen molar-refractivity contribution in [3.63, 3.8) is 0 Å². The summed E-state index contributed by atoms with van der Waals surface area (Å²) in [6, 6.07) is 4.75. The summed E-state index contributed by atoms with van der Waals surface area (Å²) in [6.07, 6.45) is 1.14. The molecule has 0 spiro atoms. The van der Waals surface area contributed by atoms with Crippen molar-refractivity contribution in [2.75, 3.05) is 24.5 Å². The zero-order valence-electron chi connectivity index (χ0n) is 11.8. The molecule has 1 N–H and O–H groups in total. The number of nitrogens with one attached hydrogen (secondary N) is 1. The van der Waals surface area contributed by atoms with Crippen LogP contribution in [-0.2, 0) is 0 Å². The van der Waals surface area contributed by atoms with Crippen LogP contribution in [0.4, 0.5) is 10.1 Å². The highest BCUT2D eigenvalue weighted by Gasteiger charge is 2.24. The minimum Gasteiger partial charge on any atom is -0.371 e. The first-order valence-electron chi connectivity index (χ1n) is 6.79. The lowest BCUT2D eigenvalue weighted by Crippen LogP contribution is -2.39. The summed E-state index contributed by atoms with van der Waals surface area (Å²) in [5.74, 6) is 0.347. The molecule has 0 radical (unpaired) electrons. The van der Waals surface area contributed by atoms with Crippen molar-refractivity contribution in [2.45, 2.75) is 32.7 Å². The molecule has 1 heterocycles. The zero-order valence-corrected chi connectivity index (χ0v) is 12.6. The van der Waals surface area contributed by atoms with Gasteiger partial charge in [0, 0.05) is 35.9 Å². The Morgan fingerprint density at radius 2 is 2.11 bits per heavy atom. The van der Waals surface area contributed by atoms with Crippen LogP contribution in [0.5, 0.6) is 0 Å². The molecule has 1 aromatic carbocycles. The fraction of sp³-hybridized carbons (Fsp3) is 0.600. The minimum absolute atomic E-state index is 0.148. The average molecular weight is 285 g/mol. The van der Waals surface area contributed by atoms with E-state index in [4.69, 9.17) is 11.6 Å². The van der Waals surface area contributed by atoms with Gasteiger partial charge in [-0.2, -0.15) is 0 Å². The van der Waals surface area contributed by atoms with E-state index in [2.05, 4.69) is 31.0 Å². The van der Waals surface area contributed by atoms with Crippen LogP contribution in [-0.4, -0.2) is 25.2 Å². The summed E-state index contributed by atoms with van der Waals surface area (Å²) < 4.78 is 13.4. The minimum atomic E-state index is -0.265. The second kappa shape index (κ2) is 5.68. The number of anilines is 1. The average Bonchev–Trinajstić information content (AvgIpc) is 2.72. The molecule has 1 aliphatic rings. The van der Waals surface area contributed by atoms with Crippen molar-refractivity contribution in [3.05, 3.63) is 29.0 Å². The number of nitrogens with zero attached hydrogens (tertiary/aromatic N) is 1. The second-order valence-corrected chi connectivity index (χ2v) is 6.80. The third kappa shape index (κ3) is 4.36. The molecule has 19 heavy (non-hydrogen) atoms. The van der Waals surface area contributed by atoms with Crippen molar-refractivity contribution in [1.82, 2.24) is 5.32 Å². The summed E-state index contributed by atoms with van der Waals surface area (Å²) in [5, 5.41) is 4.00. The molecule has 0 bridgehead atoms. The SMILES string of the molecule is CC(C)(C)NCC1CCN(c2cc(F)cc(Cl)c2)C1. The van der Waals surface area contributed by atoms with Gasteiger partial charge in [-0.05, 0) is 51.3 Å². The van der Waals surface area contributed by atoms with E-state index in [1.165, 1.54) is 6.07 Å². The van der Waals surface area contributed by atoms with Gasteiger partial charge < -0.3 is 10.2 Å². The first-order valence-corrected chi connectivity index (χ1v) is 7.17. The number of hydrogen-bond acceptors (Lipinski definition) is 2. The third-order valence-corrected chi connectivity index (χ3v) is 3.64. The van der Waals surface area contributed by atoms with Gasteiger partial charge in [-0.3, -0.25) is 0 Å². The molecular weight excluding hydrogens is 263 g/mol. The second-order valence-electron chi connectivity index (χ2n) is 6.36. The van der Waals surface area contributed by atoms with Crippen LogP contribution in [0.1, 0.15) is 27.2 Å². The molecule has 106 valence electrons. The molecule has 1 fully saturated rings. The number of hydrogen-bond donors (Lipinski definition) is 1. The van der Waals surface area contributed by atoms with Crippen LogP contribution in [0.15, 0.2) is 18.2 Å². The van der Waals surface area contributed by atoms with Crippen LogP contribution >= 0.6 is 11.6 Å². The van der Waals surface area contributed by atoms with E-state index in [1.807, 2.05) is 6.07 Å². The van der Waals surface area contributed by atoms with Crippen molar-refractivity contribution >= 4 is 17.3 Å². The van der Waals surface area contributed by atoms with E-state index in [9.17, 15) is 4.39 Å². The van der Waals surface area contributed by atoms with E-state index in [-0.39, 0.29) is 11.4 Å². The lowest BCUT2D eigenvalue weighted by molar-refractivity contribution is 0.383. The summed E-state index contributed by atoms with van der Waals surface area (Å²) in [5.41, 5.74) is 1.04. The largest absolute Gasteiger partial charge is 0.371 e. The highest BCUT2D eigenvalue weighted by molar-refractivity contribution is 6.30. The third-order valence-electron chi connectivity index (χ3n) is 3.42. The molecule has 1 atom stereocenters. The Labute approximate surface area is 119 Å². The van der Waals surface area contributed by atoms with Crippen LogP contribution in [0.3, 0.4) is 0 Å². The van der Waals surface area contributed by atoms with Crippen molar-refractivity contribution < 1.29 is 4.39 Å². The van der Waals surface area contributed by atoms with Gasteiger partial charge in [-0.15, -0.1) is 0 Å². The molecule has 1 aromatic rings. The Morgan fingerprint density at radius 1 is 1.37 bits per heavy atom. The fourth-order valence-electron chi connectivity index (χ4n) is 2.41. The van der Waals surface area contributed by atoms with Gasteiger partial charge in [0.05, 0.1) is 0 Å². The molecule has 0 aliphatic carbocycles. The maximum atomic E-state index is 13.4. The molecule has 0 amide bonds. The standard InChI is InChI=1S/C15H22ClFN2/c1-15(2,3)18-9-11-4-5-19(10-11)14-7-12(16)6-13(17)8-14/h6-8,11,18H,4-5,9-10H2,1-3H3. The number of halogens is 2. The molecule has 0 saturated carbocycles. The fourth-order valence-corrected chi connectivity index (χ4v) is 2.62.